The Hall–Kier alpha value is -0.860. The second-order valence-corrected chi connectivity index (χ2v) is 3.27. The fourth-order valence-corrected chi connectivity index (χ4v) is 1.45. The molecule has 1 rings (SSSR count). The highest BCUT2D eigenvalue weighted by Crippen LogP contribution is 2.13. The molecule has 3 heteroatoms. The van der Waals surface area contributed by atoms with Crippen LogP contribution in [0.2, 0.25) is 0 Å². The topological polar surface area (TPSA) is 46.2 Å². The number of nitrogens with one attached hydrogen (secondary N) is 1. The van der Waals surface area contributed by atoms with Crippen LogP contribution in [0.5, 0.6) is 0 Å². The summed E-state index contributed by atoms with van der Waals surface area (Å²) in [4.78, 5) is 21.8. The number of unbranched alkanes of at least 4 members (excludes halogenated alkanes) is 2. The van der Waals surface area contributed by atoms with Crippen molar-refractivity contribution < 1.29 is 9.59 Å². The molecule has 1 aliphatic rings. The Labute approximate surface area is 72.5 Å². The van der Waals surface area contributed by atoms with Gasteiger partial charge in [0.05, 0.1) is 0 Å². The van der Waals surface area contributed by atoms with Crippen molar-refractivity contribution in [2.24, 2.45) is 5.92 Å². The molecule has 0 bridgehead atoms. The summed E-state index contributed by atoms with van der Waals surface area (Å²) in [6, 6.07) is 0. The summed E-state index contributed by atoms with van der Waals surface area (Å²) in [5.41, 5.74) is 0. The van der Waals surface area contributed by atoms with Gasteiger partial charge in [-0.1, -0.05) is 26.2 Å². The largest absolute Gasteiger partial charge is 0.349 e. The lowest BCUT2D eigenvalue weighted by atomic mass is 10.00. The molecule has 0 aromatic heterocycles. The monoisotopic (exact) mass is 169 g/mol. The van der Waals surface area contributed by atoms with Crippen molar-refractivity contribution in [2.75, 3.05) is 6.54 Å². The first-order valence-electron chi connectivity index (χ1n) is 4.57. The summed E-state index contributed by atoms with van der Waals surface area (Å²) in [5.74, 6) is -0.647. The molecule has 3 nitrogen and oxygen atoms in total. The van der Waals surface area contributed by atoms with Crippen molar-refractivity contribution in [3.05, 3.63) is 0 Å². The van der Waals surface area contributed by atoms with Crippen LogP contribution in [0.25, 0.3) is 0 Å². The standard InChI is InChI=1S/C9H15NO2/c1-2-3-4-5-7-6-10-9(12)8(7)11/h7H,2-6H2,1H3,(H,10,12). The quantitative estimate of drug-likeness (QED) is 0.501. The number of carbonyl (C=O) groups excluding carboxylic acids is 2. The van der Waals surface area contributed by atoms with Crippen molar-refractivity contribution in [3.63, 3.8) is 0 Å². The van der Waals surface area contributed by atoms with Crippen molar-refractivity contribution in [1.29, 1.82) is 0 Å². The van der Waals surface area contributed by atoms with Gasteiger partial charge in [0.2, 0.25) is 5.78 Å². The van der Waals surface area contributed by atoms with Crippen molar-refractivity contribution >= 4 is 11.7 Å². The van der Waals surface area contributed by atoms with Gasteiger partial charge in [0.25, 0.3) is 5.91 Å². The average Bonchev–Trinajstić information content (AvgIpc) is 2.36. The summed E-state index contributed by atoms with van der Waals surface area (Å²) in [5, 5.41) is 2.56. The van der Waals surface area contributed by atoms with E-state index in [1.807, 2.05) is 0 Å². The highest BCUT2D eigenvalue weighted by Gasteiger charge is 2.31. The van der Waals surface area contributed by atoms with Gasteiger partial charge >= 0.3 is 0 Å². The van der Waals surface area contributed by atoms with E-state index in [-0.39, 0.29) is 11.7 Å². The molecule has 1 amide bonds. The van der Waals surface area contributed by atoms with Crippen LogP contribution in [0, 0.1) is 5.92 Å². The minimum absolute atomic E-state index is 0.0379. The van der Waals surface area contributed by atoms with Gasteiger partial charge in [-0.3, -0.25) is 9.59 Å². The van der Waals surface area contributed by atoms with Gasteiger partial charge in [0, 0.05) is 12.5 Å². The molecule has 0 aromatic carbocycles. The minimum atomic E-state index is -0.392. The molecule has 0 spiro atoms. The van der Waals surface area contributed by atoms with E-state index in [2.05, 4.69) is 12.2 Å². The molecule has 0 saturated carbocycles. The smallest absolute Gasteiger partial charge is 0.287 e. The van der Waals surface area contributed by atoms with Gasteiger partial charge in [0.1, 0.15) is 0 Å². The summed E-state index contributed by atoms with van der Waals surface area (Å²) in [6.45, 7) is 2.68. The van der Waals surface area contributed by atoms with Gasteiger partial charge in [0.15, 0.2) is 0 Å². The van der Waals surface area contributed by atoms with E-state index >= 15 is 0 Å². The van der Waals surface area contributed by atoms with Gasteiger partial charge in [-0.05, 0) is 6.42 Å². The van der Waals surface area contributed by atoms with Gasteiger partial charge in [-0.2, -0.15) is 0 Å². The third-order valence-electron chi connectivity index (χ3n) is 2.26. The van der Waals surface area contributed by atoms with Crippen molar-refractivity contribution in [2.45, 2.75) is 32.6 Å². The lowest BCUT2D eigenvalue weighted by Gasteiger charge is -2.03. The third kappa shape index (κ3) is 2.06. The number of hydrogen-bond acceptors (Lipinski definition) is 2. The zero-order valence-electron chi connectivity index (χ0n) is 7.43. The fraction of sp³-hybridized carbons (Fsp3) is 0.778. The van der Waals surface area contributed by atoms with E-state index < -0.39 is 5.91 Å². The summed E-state index contributed by atoms with van der Waals surface area (Å²) < 4.78 is 0. The number of amides is 1. The second kappa shape index (κ2) is 4.24. The number of Topliss-reactive ketones (excluding diaryl/α,β-unsaturated/α-hetero) is 1. The normalized spacial score (nSPS) is 22.9. The molecular weight excluding hydrogens is 154 g/mol. The second-order valence-electron chi connectivity index (χ2n) is 3.27. The van der Waals surface area contributed by atoms with Gasteiger partial charge < -0.3 is 5.32 Å². The molecule has 0 aromatic rings. The van der Waals surface area contributed by atoms with E-state index in [0.29, 0.717) is 6.54 Å². The predicted molar refractivity (Wildman–Crippen MR) is 45.6 cm³/mol. The van der Waals surface area contributed by atoms with Gasteiger partial charge in [-0.15, -0.1) is 0 Å². The van der Waals surface area contributed by atoms with Crippen LogP contribution < -0.4 is 5.32 Å². The summed E-state index contributed by atoms with van der Waals surface area (Å²) in [7, 11) is 0. The molecule has 1 unspecified atom stereocenters. The molecule has 68 valence electrons. The summed E-state index contributed by atoms with van der Waals surface area (Å²) in [6.07, 6.45) is 4.23. The van der Waals surface area contributed by atoms with Crippen LogP contribution in [0.4, 0.5) is 0 Å². The van der Waals surface area contributed by atoms with Crippen molar-refractivity contribution in [1.82, 2.24) is 5.32 Å². The Bertz CT molecular complexity index is 189. The maximum Gasteiger partial charge on any atom is 0.287 e. The van der Waals surface area contributed by atoms with E-state index in [9.17, 15) is 9.59 Å². The lowest BCUT2D eigenvalue weighted by Crippen LogP contribution is -2.18. The number of ketones is 1. The van der Waals surface area contributed by atoms with E-state index in [0.717, 1.165) is 25.7 Å². The van der Waals surface area contributed by atoms with Crippen LogP contribution >= 0.6 is 0 Å². The average molecular weight is 169 g/mol. The van der Waals surface area contributed by atoms with Gasteiger partial charge in [-0.25, -0.2) is 0 Å². The highest BCUT2D eigenvalue weighted by atomic mass is 16.2. The van der Waals surface area contributed by atoms with Crippen LogP contribution in [0.15, 0.2) is 0 Å². The summed E-state index contributed by atoms with van der Waals surface area (Å²) >= 11 is 0. The van der Waals surface area contributed by atoms with E-state index in [1.54, 1.807) is 0 Å². The first kappa shape index (κ1) is 9.23. The van der Waals surface area contributed by atoms with Crippen LogP contribution in [-0.2, 0) is 9.59 Å². The zero-order valence-corrected chi connectivity index (χ0v) is 7.43. The molecule has 0 aliphatic carbocycles. The SMILES string of the molecule is CCCCCC1CNC(=O)C1=O. The third-order valence-corrected chi connectivity index (χ3v) is 2.26. The number of hydrogen-bond donors (Lipinski definition) is 1. The maximum absolute atomic E-state index is 11.1. The Kier molecular flexibility index (Phi) is 3.26. The Morgan fingerprint density at radius 1 is 1.42 bits per heavy atom. The molecule has 12 heavy (non-hydrogen) atoms. The zero-order chi connectivity index (χ0) is 8.97. The Morgan fingerprint density at radius 3 is 2.67 bits per heavy atom. The van der Waals surface area contributed by atoms with Crippen LogP contribution in [0.3, 0.4) is 0 Å². The van der Waals surface area contributed by atoms with Crippen molar-refractivity contribution in [3.8, 4) is 0 Å². The fourth-order valence-electron chi connectivity index (χ4n) is 1.45. The highest BCUT2D eigenvalue weighted by molar-refractivity contribution is 6.38. The molecule has 1 N–H and O–H groups in total. The van der Waals surface area contributed by atoms with Crippen LogP contribution in [0.1, 0.15) is 32.6 Å². The van der Waals surface area contributed by atoms with Crippen LogP contribution in [-0.4, -0.2) is 18.2 Å². The number of rotatable bonds is 4. The van der Waals surface area contributed by atoms with E-state index in [1.165, 1.54) is 0 Å². The molecular formula is C9H15NO2. The first-order chi connectivity index (χ1) is 5.75. The maximum atomic E-state index is 11.1. The van der Waals surface area contributed by atoms with E-state index in [4.69, 9.17) is 0 Å². The molecule has 1 saturated heterocycles. The molecule has 0 radical (unpaired) electrons. The lowest BCUT2D eigenvalue weighted by molar-refractivity contribution is -0.136. The molecule has 1 fully saturated rings. The Balaban J connectivity index is 2.25. The molecule has 1 aliphatic heterocycles. The molecule has 1 heterocycles. The Morgan fingerprint density at radius 2 is 2.17 bits per heavy atom. The first-order valence-corrected chi connectivity index (χ1v) is 4.57. The molecule has 1 atom stereocenters. The predicted octanol–water partition coefficient (Wildman–Crippen LogP) is 0.882. The minimum Gasteiger partial charge on any atom is -0.349 e. The number of carbonyl (C=O) groups is 2.